The average Bonchev–Trinajstić information content (AvgIpc) is 2.56. The molecule has 0 aromatic rings. The van der Waals surface area contributed by atoms with E-state index >= 15 is 0 Å². The molecule has 0 aliphatic heterocycles. The Bertz CT molecular complexity index is 625. The molecule has 0 fully saturated rings. The minimum absolute atomic E-state index is 0.0933. The molecule has 3 unspecified atom stereocenters. The maximum Gasteiger partial charge on any atom is 0.318 e. The largest absolute Gasteiger partial charge is 0.431 e. The van der Waals surface area contributed by atoms with Gasteiger partial charge >= 0.3 is 5.97 Å². The minimum Gasteiger partial charge on any atom is -0.431 e. The lowest BCUT2D eigenvalue weighted by atomic mass is 9.76. The van der Waals surface area contributed by atoms with E-state index in [1.807, 2.05) is 30.4 Å². The van der Waals surface area contributed by atoms with Crippen LogP contribution in [0.2, 0.25) is 0 Å². The molecule has 0 amide bonds. The molecule has 23 heavy (non-hydrogen) atoms. The number of carbonyl (C=O) groups is 1. The van der Waals surface area contributed by atoms with Crippen LogP contribution in [0.5, 0.6) is 0 Å². The van der Waals surface area contributed by atoms with Gasteiger partial charge in [-0.05, 0) is 42.9 Å². The van der Waals surface area contributed by atoms with Crippen LogP contribution in [0.1, 0.15) is 32.1 Å². The van der Waals surface area contributed by atoms with Crippen molar-refractivity contribution in [2.45, 2.75) is 37.5 Å². The van der Waals surface area contributed by atoms with Crippen molar-refractivity contribution in [3.8, 4) is 0 Å². The first kappa shape index (κ1) is 16.6. The number of hydrogen-bond donors (Lipinski definition) is 0. The fourth-order valence-electron chi connectivity index (χ4n) is 3.32. The zero-order valence-electron chi connectivity index (χ0n) is 12.9. The van der Waals surface area contributed by atoms with E-state index in [9.17, 15) is 4.79 Å². The molecule has 122 valence electrons. The highest BCUT2D eigenvalue weighted by Gasteiger charge is 2.35. The van der Waals surface area contributed by atoms with Crippen molar-refractivity contribution < 1.29 is 9.53 Å². The van der Waals surface area contributed by atoms with Gasteiger partial charge in [0.1, 0.15) is 5.76 Å². The van der Waals surface area contributed by atoms with E-state index < -0.39 is 0 Å². The molecule has 0 spiro atoms. The van der Waals surface area contributed by atoms with Crippen LogP contribution in [-0.2, 0) is 9.53 Å². The summed E-state index contributed by atoms with van der Waals surface area (Å²) in [6, 6.07) is 0. The van der Waals surface area contributed by atoms with Gasteiger partial charge in [0.15, 0.2) is 0 Å². The van der Waals surface area contributed by atoms with Crippen molar-refractivity contribution in [2.24, 2.45) is 11.8 Å². The predicted octanol–water partition coefficient (Wildman–Crippen LogP) is 5.41. The summed E-state index contributed by atoms with van der Waals surface area (Å²) in [4.78, 5) is 12.6. The number of rotatable bonds is 3. The molecule has 4 heteroatoms. The number of hydrogen-bond acceptors (Lipinski definition) is 2. The summed E-state index contributed by atoms with van der Waals surface area (Å²) >= 11 is 12.5. The molecule has 0 aromatic heterocycles. The van der Waals surface area contributed by atoms with Crippen LogP contribution in [-0.4, -0.2) is 11.3 Å². The highest BCUT2D eigenvalue weighted by atomic mass is 35.5. The van der Waals surface area contributed by atoms with Crippen LogP contribution in [0.4, 0.5) is 0 Å². The quantitative estimate of drug-likeness (QED) is 0.386. The van der Waals surface area contributed by atoms with Gasteiger partial charge in [0.2, 0.25) is 0 Å². The van der Waals surface area contributed by atoms with Crippen molar-refractivity contribution in [3.63, 3.8) is 0 Å². The second kappa shape index (κ2) is 7.55. The van der Waals surface area contributed by atoms with E-state index in [1.165, 1.54) is 0 Å². The number of halogens is 2. The smallest absolute Gasteiger partial charge is 0.318 e. The van der Waals surface area contributed by atoms with E-state index in [4.69, 9.17) is 27.9 Å². The van der Waals surface area contributed by atoms with Crippen molar-refractivity contribution in [3.05, 3.63) is 58.9 Å². The Morgan fingerprint density at radius 3 is 2.78 bits per heavy atom. The van der Waals surface area contributed by atoms with Crippen LogP contribution in [0.15, 0.2) is 58.9 Å². The van der Waals surface area contributed by atoms with Crippen LogP contribution in [0, 0.1) is 11.8 Å². The van der Waals surface area contributed by atoms with E-state index in [-0.39, 0.29) is 23.2 Å². The summed E-state index contributed by atoms with van der Waals surface area (Å²) < 4.78 is 5.62. The molecule has 3 aliphatic carbocycles. The SMILES string of the molecule is O=C(OC1=CC=CCC1)C1C=CCCC1C1=CC=C(Cl)CC1Cl. The maximum atomic E-state index is 12.6. The van der Waals surface area contributed by atoms with Crippen molar-refractivity contribution in [2.75, 3.05) is 0 Å². The summed E-state index contributed by atoms with van der Waals surface area (Å²) in [5, 5.41) is 0.620. The van der Waals surface area contributed by atoms with Gasteiger partial charge < -0.3 is 4.74 Å². The molecule has 3 atom stereocenters. The second-order valence-corrected chi connectivity index (χ2v) is 7.12. The average molecular weight is 351 g/mol. The van der Waals surface area contributed by atoms with Gasteiger partial charge in [-0.25, -0.2) is 0 Å². The second-order valence-electron chi connectivity index (χ2n) is 6.11. The molecule has 0 saturated carbocycles. The lowest BCUT2D eigenvalue weighted by Crippen LogP contribution is -2.30. The number of allylic oxidation sites excluding steroid dienone is 9. The third-order valence-electron chi connectivity index (χ3n) is 4.52. The third-order valence-corrected chi connectivity index (χ3v) is 5.21. The Balaban J connectivity index is 1.77. The number of esters is 1. The van der Waals surface area contributed by atoms with Crippen LogP contribution < -0.4 is 0 Å². The fourth-order valence-corrected chi connectivity index (χ4v) is 4.01. The molecule has 0 heterocycles. The fraction of sp³-hybridized carbons (Fsp3) is 0.421. The van der Waals surface area contributed by atoms with Crippen molar-refractivity contribution in [1.82, 2.24) is 0 Å². The molecule has 0 bridgehead atoms. The first-order valence-electron chi connectivity index (χ1n) is 8.09. The summed E-state index contributed by atoms with van der Waals surface area (Å²) in [6.07, 6.45) is 18.0. The molecular weight excluding hydrogens is 331 g/mol. The zero-order valence-corrected chi connectivity index (χ0v) is 14.4. The Labute approximate surface area is 147 Å². The van der Waals surface area contributed by atoms with E-state index in [0.29, 0.717) is 6.42 Å². The van der Waals surface area contributed by atoms with E-state index in [0.717, 1.165) is 42.0 Å². The third kappa shape index (κ3) is 3.99. The molecule has 3 rings (SSSR count). The Kier molecular flexibility index (Phi) is 5.45. The van der Waals surface area contributed by atoms with Gasteiger partial charge in [0, 0.05) is 17.9 Å². The number of ether oxygens (including phenoxy) is 1. The van der Waals surface area contributed by atoms with Gasteiger partial charge in [0.25, 0.3) is 0 Å². The molecule has 0 aromatic carbocycles. The highest BCUT2D eigenvalue weighted by Crippen LogP contribution is 2.39. The minimum atomic E-state index is -0.270. The maximum absolute atomic E-state index is 12.6. The van der Waals surface area contributed by atoms with Crippen LogP contribution >= 0.6 is 23.2 Å². The first-order chi connectivity index (χ1) is 11.1. The Morgan fingerprint density at radius 2 is 2.04 bits per heavy atom. The topological polar surface area (TPSA) is 26.3 Å². The number of carbonyl (C=O) groups excluding carboxylic acids is 1. The van der Waals surface area contributed by atoms with Gasteiger partial charge in [-0.15, -0.1) is 11.6 Å². The van der Waals surface area contributed by atoms with Crippen molar-refractivity contribution in [1.29, 1.82) is 0 Å². The lowest BCUT2D eigenvalue weighted by molar-refractivity contribution is -0.144. The summed E-state index contributed by atoms with van der Waals surface area (Å²) in [5.74, 6) is 0.389. The van der Waals surface area contributed by atoms with E-state index in [2.05, 4.69) is 12.2 Å². The summed E-state index contributed by atoms with van der Waals surface area (Å²) in [5.41, 5.74) is 1.10. The molecule has 0 radical (unpaired) electrons. The van der Waals surface area contributed by atoms with Gasteiger partial charge in [0.05, 0.1) is 11.3 Å². The van der Waals surface area contributed by atoms with E-state index in [1.54, 1.807) is 0 Å². The molecule has 2 nitrogen and oxygen atoms in total. The van der Waals surface area contributed by atoms with Crippen molar-refractivity contribution >= 4 is 29.2 Å². The summed E-state index contributed by atoms with van der Waals surface area (Å²) in [6.45, 7) is 0. The number of alkyl halides is 1. The normalized spacial score (nSPS) is 30.3. The zero-order chi connectivity index (χ0) is 16.2. The van der Waals surface area contributed by atoms with Crippen LogP contribution in [0.3, 0.4) is 0 Å². The lowest BCUT2D eigenvalue weighted by Gasteiger charge is -2.32. The molecule has 0 N–H and O–H groups in total. The predicted molar refractivity (Wildman–Crippen MR) is 94.2 cm³/mol. The highest BCUT2D eigenvalue weighted by molar-refractivity contribution is 6.31. The monoisotopic (exact) mass is 350 g/mol. The molecule has 3 aliphatic rings. The molecular formula is C19H20Cl2O2. The summed E-state index contributed by atoms with van der Waals surface area (Å²) in [7, 11) is 0. The standard InChI is InChI=1S/C19H20Cl2O2/c20-13-10-11-16(18(21)12-13)15-8-4-5-9-17(15)19(22)23-14-6-2-1-3-7-14/h1-2,5-6,9-11,15,17-18H,3-4,7-8,12H2. The first-order valence-corrected chi connectivity index (χ1v) is 8.91. The van der Waals surface area contributed by atoms with Gasteiger partial charge in [-0.2, -0.15) is 0 Å². The van der Waals surface area contributed by atoms with Gasteiger partial charge in [-0.1, -0.05) is 42.0 Å². The van der Waals surface area contributed by atoms with Gasteiger partial charge in [-0.3, -0.25) is 4.79 Å². The Hall–Kier alpha value is -1.25. The Morgan fingerprint density at radius 1 is 1.17 bits per heavy atom. The molecule has 0 saturated heterocycles. The van der Waals surface area contributed by atoms with Crippen LogP contribution in [0.25, 0.3) is 0 Å².